The Kier molecular flexibility index (Phi) is 6.06. The molecule has 0 aromatic heterocycles. The molecule has 1 aromatic carbocycles. The molecule has 3 amide bonds. The molecule has 1 saturated heterocycles. The van der Waals surface area contributed by atoms with Crippen molar-refractivity contribution in [1.82, 2.24) is 15.1 Å². The maximum absolute atomic E-state index is 13.0. The van der Waals surface area contributed by atoms with Crippen molar-refractivity contribution in [3.05, 3.63) is 29.8 Å². The highest BCUT2D eigenvalue weighted by atomic mass is 16.6. The number of nitrogens with zero attached hydrogens (tertiary/aromatic N) is 2. The Morgan fingerprint density at radius 2 is 1.71 bits per heavy atom. The van der Waals surface area contributed by atoms with E-state index in [0.717, 1.165) is 5.56 Å². The Labute approximate surface area is 164 Å². The third-order valence-electron chi connectivity index (χ3n) is 5.32. The number of benzene rings is 1. The lowest BCUT2D eigenvalue weighted by molar-refractivity contribution is -0.145. The molecule has 1 aliphatic heterocycles. The van der Waals surface area contributed by atoms with Gasteiger partial charge >= 0.3 is 6.09 Å². The zero-order chi connectivity index (χ0) is 20.1. The molecule has 0 atom stereocenters. The largest absolute Gasteiger partial charge is 0.496 e. The molecule has 1 aromatic rings. The fourth-order valence-electron chi connectivity index (χ4n) is 3.47. The van der Waals surface area contributed by atoms with Crippen LogP contribution in [-0.4, -0.2) is 67.6 Å². The van der Waals surface area contributed by atoms with Crippen molar-refractivity contribution in [3.8, 4) is 5.75 Å². The minimum Gasteiger partial charge on any atom is -0.496 e. The van der Waals surface area contributed by atoms with Gasteiger partial charge in [0.1, 0.15) is 11.2 Å². The van der Waals surface area contributed by atoms with Gasteiger partial charge in [-0.2, -0.15) is 0 Å². The number of carbonyl (C=O) groups excluding carboxylic acids is 3. The van der Waals surface area contributed by atoms with Crippen LogP contribution in [0.3, 0.4) is 0 Å². The maximum Gasteiger partial charge on any atom is 0.409 e. The zero-order valence-electron chi connectivity index (χ0n) is 16.4. The van der Waals surface area contributed by atoms with Crippen molar-refractivity contribution in [1.29, 1.82) is 0 Å². The van der Waals surface area contributed by atoms with Gasteiger partial charge < -0.3 is 24.6 Å². The normalized spacial score (nSPS) is 17.6. The molecule has 2 fully saturated rings. The summed E-state index contributed by atoms with van der Waals surface area (Å²) >= 11 is 0. The first-order valence-electron chi connectivity index (χ1n) is 9.63. The van der Waals surface area contributed by atoms with Gasteiger partial charge in [0.05, 0.1) is 13.7 Å². The Balaban J connectivity index is 1.55. The molecule has 152 valence electrons. The number of rotatable bonds is 6. The van der Waals surface area contributed by atoms with Crippen molar-refractivity contribution in [2.75, 3.05) is 39.9 Å². The SMILES string of the molecule is CCOC(=O)N1CCN(C(=O)C2(C(=O)NCc3ccccc3OC)CC2)CC1. The lowest BCUT2D eigenvalue weighted by atomic mass is 10.0. The van der Waals surface area contributed by atoms with E-state index in [4.69, 9.17) is 9.47 Å². The molecular formula is C20H27N3O5. The van der Waals surface area contributed by atoms with E-state index in [9.17, 15) is 14.4 Å². The van der Waals surface area contributed by atoms with Crippen LogP contribution >= 0.6 is 0 Å². The third-order valence-corrected chi connectivity index (χ3v) is 5.32. The van der Waals surface area contributed by atoms with Gasteiger partial charge in [0.15, 0.2) is 0 Å². The standard InChI is InChI=1S/C20H27N3O5/c1-3-28-19(26)23-12-10-22(11-13-23)18(25)20(8-9-20)17(24)21-14-15-6-4-5-7-16(15)27-2/h4-7H,3,8-14H2,1-2H3,(H,21,24). The summed E-state index contributed by atoms with van der Waals surface area (Å²) in [5.41, 5.74) is -0.0988. The predicted molar refractivity (Wildman–Crippen MR) is 102 cm³/mol. The monoisotopic (exact) mass is 389 g/mol. The van der Waals surface area contributed by atoms with Crippen LogP contribution in [0.25, 0.3) is 0 Å². The molecule has 1 saturated carbocycles. The van der Waals surface area contributed by atoms with Crippen LogP contribution < -0.4 is 10.1 Å². The number of para-hydroxylation sites is 1. The van der Waals surface area contributed by atoms with Crippen molar-refractivity contribution in [2.24, 2.45) is 5.41 Å². The topological polar surface area (TPSA) is 88.2 Å². The second kappa shape index (κ2) is 8.50. The molecule has 1 heterocycles. The van der Waals surface area contributed by atoms with Crippen molar-refractivity contribution >= 4 is 17.9 Å². The van der Waals surface area contributed by atoms with Gasteiger partial charge in [-0.3, -0.25) is 9.59 Å². The number of amides is 3. The highest BCUT2D eigenvalue weighted by molar-refractivity contribution is 6.07. The Morgan fingerprint density at radius 1 is 1.07 bits per heavy atom. The van der Waals surface area contributed by atoms with E-state index in [-0.39, 0.29) is 17.9 Å². The second-order valence-corrected chi connectivity index (χ2v) is 7.05. The molecular weight excluding hydrogens is 362 g/mol. The molecule has 28 heavy (non-hydrogen) atoms. The number of methoxy groups -OCH3 is 1. The highest BCUT2D eigenvalue weighted by Gasteiger charge is 2.58. The summed E-state index contributed by atoms with van der Waals surface area (Å²) in [5, 5.41) is 2.89. The summed E-state index contributed by atoms with van der Waals surface area (Å²) in [6.07, 6.45) is 0.758. The Hall–Kier alpha value is -2.77. The third kappa shape index (κ3) is 4.05. The molecule has 3 rings (SSSR count). The number of hydrogen-bond donors (Lipinski definition) is 1. The average molecular weight is 389 g/mol. The summed E-state index contributed by atoms with van der Waals surface area (Å²) in [4.78, 5) is 40.8. The Bertz CT molecular complexity index is 739. The van der Waals surface area contributed by atoms with Crippen LogP contribution in [0.1, 0.15) is 25.3 Å². The zero-order valence-corrected chi connectivity index (χ0v) is 16.4. The van der Waals surface area contributed by atoms with Gasteiger partial charge in [-0.25, -0.2) is 4.79 Å². The molecule has 0 bridgehead atoms. The lowest BCUT2D eigenvalue weighted by Crippen LogP contribution is -2.54. The summed E-state index contributed by atoms with van der Waals surface area (Å²) < 4.78 is 10.3. The second-order valence-electron chi connectivity index (χ2n) is 7.05. The predicted octanol–water partition coefficient (Wildman–Crippen LogP) is 1.39. The molecule has 8 nitrogen and oxygen atoms in total. The van der Waals surface area contributed by atoms with Crippen LogP contribution in [0.5, 0.6) is 5.75 Å². The van der Waals surface area contributed by atoms with E-state index in [0.29, 0.717) is 57.9 Å². The van der Waals surface area contributed by atoms with Gasteiger partial charge in [0.25, 0.3) is 0 Å². The van der Waals surface area contributed by atoms with E-state index in [2.05, 4.69) is 5.32 Å². The lowest BCUT2D eigenvalue weighted by Gasteiger charge is -2.35. The van der Waals surface area contributed by atoms with Gasteiger partial charge in [-0.1, -0.05) is 18.2 Å². The number of ether oxygens (including phenoxy) is 2. The number of nitrogens with one attached hydrogen (secondary N) is 1. The molecule has 1 aliphatic carbocycles. The Morgan fingerprint density at radius 3 is 2.32 bits per heavy atom. The van der Waals surface area contributed by atoms with Crippen LogP contribution in [0.4, 0.5) is 4.79 Å². The van der Waals surface area contributed by atoms with Crippen LogP contribution in [-0.2, 0) is 20.9 Å². The van der Waals surface area contributed by atoms with Crippen LogP contribution in [0.15, 0.2) is 24.3 Å². The summed E-state index contributed by atoms with van der Waals surface area (Å²) in [7, 11) is 1.59. The first kappa shape index (κ1) is 20.0. The van der Waals surface area contributed by atoms with Crippen LogP contribution in [0, 0.1) is 5.41 Å². The number of piperazine rings is 1. The van der Waals surface area contributed by atoms with E-state index < -0.39 is 5.41 Å². The fourth-order valence-corrected chi connectivity index (χ4v) is 3.47. The van der Waals surface area contributed by atoms with Gasteiger partial charge in [0, 0.05) is 38.3 Å². The van der Waals surface area contributed by atoms with Crippen molar-refractivity contribution in [3.63, 3.8) is 0 Å². The summed E-state index contributed by atoms with van der Waals surface area (Å²) in [5.74, 6) is 0.318. The van der Waals surface area contributed by atoms with Gasteiger partial charge in [-0.15, -0.1) is 0 Å². The van der Waals surface area contributed by atoms with E-state index in [1.54, 1.807) is 23.8 Å². The van der Waals surface area contributed by atoms with Crippen molar-refractivity contribution < 1.29 is 23.9 Å². The quantitative estimate of drug-likeness (QED) is 0.743. The average Bonchev–Trinajstić information content (AvgIpc) is 3.54. The molecule has 1 N–H and O–H groups in total. The fraction of sp³-hybridized carbons (Fsp3) is 0.550. The maximum atomic E-state index is 13.0. The van der Waals surface area contributed by atoms with E-state index in [1.165, 1.54) is 0 Å². The van der Waals surface area contributed by atoms with Gasteiger partial charge in [0.2, 0.25) is 11.8 Å². The molecule has 0 spiro atoms. The van der Waals surface area contributed by atoms with E-state index >= 15 is 0 Å². The van der Waals surface area contributed by atoms with Gasteiger partial charge in [-0.05, 0) is 25.8 Å². The van der Waals surface area contributed by atoms with Crippen LogP contribution in [0.2, 0.25) is 0 Å². The highest BCUT2D eigenvalue weighted by Crippen LogP contribution is 2.47. The molecule has 2 aliphatic rings. The summed E-state index contributed by atoms with van der Waals surface area (Å²) in [6, 6.07) is 7.47. The van der Waals surface area contributed by atoms with Crippen molar-refractivity contribution in [2.45, 2.75) is 26.3 Å². The first-order chi connectivity index (χ1) is 13.5. The molecule has 0 unspecified atom stereocenters. The van der Waals surface area contributed by atoms with E-state index in [1.807, 2.05) is 24.3 Å². The minimum atomic E-state index is -0.964. The minimum absolute atomic E-state index is 0.145. The number of carbonyl (C=O) groups is 3. The number of hydrogen-bond acceptors (Lipinski definition) is 5. The molecule has 8 heteroatoms. The smallest absolute Gasteiger partial charge is 0.409 e. The first-order valence-corrected chi connectivity index (χ1v) is 9.63. The summed E-state index contributed by atoms with van der Waals surface area (Å²) in [6.45, 7) is 4.07. The molecule has 0 radical (unpaired) electrons.